The van der Waals surface area contributed by atoms with Crippen LogP contribution in [0.2, 0.25) is 0 Å². The van der Waals surface area contributed by atoms with Gasteiger partial charge in [-0.25, -0.2) is 0 Å². The largest absolute Gasteiger partial charge is 0.380 e. The number of ether oxygens (including phenoxy) is 1. The standard InChI is InChI=1S/C14H27INOP/c1-14(2,9-13-18(3)15)8-6-4-5-7-11-17-12-10-16/h4-6,8H,7,9-13,16H2,1-3H3/b5-4+,8-6+. The molecule has 2 N–H and O–H groups in total. The number of hydrogen-bond donors (Lipinski definition) is 1. The SMILES string of the molecule is CP(I)CCC(C)(C)/C=C/C=C/CCOCCN. The third kappa shape index (κ3) is 13.0. The molecule has 0 aromatic heterocycles. The first-order chi connectivity index (χ1) is 8.48. The molecule has 2 nitrogen and oxygen atoms in total. The molecule has 0 aliphatic heterocycles. The minimum absolute atomic E-state index is 0.196. The summed E-state index contributed by atoms with van der Waals surface area (Å²) in [4.78, 5) is 0. The first-order valence-corrected chi connectivity index (χ1v) is 11.2. The Morgan fingerprint density at radius 3 is 2.61 bits per heavy atom. The van der Waals surface area contributed by atoms with E-state index in [-0.39, 0.29) is 5.56 Å². The molecule has 0 aromatic carbocycles. The van der Waals surface area contributed by atoms with E-state index in [0.717, 1.165) is 13.0 Å². The molecule has 0 rings (SSSR count). The normalized spacial score (nSPS) is 14.7. The Bertz CT molecular complexity index is 252. The molecular weight excluding hydrogens is 356 g/mol. The van der Waals surface area contributed by atoms with E-state index in [0.29, 0.717) is 18.6 Å². The lowest BCUT2D eigenvalue weighted by molar-refractivity contribution is 0.146. The van der Waals surface area contributed by atoms with Gasteiger partial charge in [0.2, 0.25) is 0 Å². The number of nitrogens with two attached hydrogens (primary N) is 1. The third-order valence-electron chi connectivity index (χ3n) is 2.55. The Hall–Kier alpha value is 0.560. The van der Waals surface area contributed by atoms with Crippen molar-refractivity contribution in [1.82, 2.24) is 0 Å². The van der Waals surface area contributed by atoms with Crippen molar-refractivity contribution >= 4 is 27.6 Å². The molecule has 0 bridgehead atoms. The van der Waals surface area contributed by atoms with Gasteiger partial charge in [-0.3, -0.25) is 0 Å². The van der Waals surface area contributed by atoms with Crippen molar-refractivity contribution in [1.29, 1.82) is 0 Å². The zero-order valence-corrected chi connectivity index (χ0v) is 14.9. The lowest BCUT2D eigenvalue weighted by Crippen LogP contribution is -2.08. The van der Waals surface area contributed by atoms with Gasteiger partial charge in [0.25, 0.3) is 0 Å². The molecule has 0 saturated carbocycles. The number of hydrogen-bond acceptors (Lipinski definition) is 2. The topological polar surface area (TPSA) is 35.2 Å². The highest BCUT2D eigenvalue weighted by atomic mass is 127. The Morgan fingerprint density at radius 1 is 1.28 bits per heavy atom. The van der Waals surface area contributed by atoms with Crippen LogP contribution in [0.3, 0.4) is 0 Å². The van der Waals surface area contributed by atoms with Crippen LogP contribution in [0.5, 0.6) is 0 Å². The zero-order chi connectivity index (χ0) is 13.9. The van der Waals surface area contributed by atoms with Crippen LogP contribution in [-0.4, -0.2) is 32.6 Å². The van der Waals surface area contributed by atoms with Gasteiger partial charge in [0.15, 0.2) is 0 Å². The second-order valence-electron chi connectivity index (χ2n) is 5.04. The summed E-state index contributed by atoms with van der Waals surface area (Å²) in [7, 11) is 0. The Labute approximate surface area is 127 Å². The van der Waals surface area contributed by atoms with Crippen molar-refractivity contribution in [2.24, 2.45) is 11.1 Å². The van der Waals surface area contributed by atoms with Gasteiger partial charge < -0.3 is 10.5 Å². The molecule has 0 fully saturated rings. The van der Waals surface area contributed by atoms with Gasteiger partial charge in [-0.2, -0.15) is 0 Å². The van der Waals surface area contributed by atoms with Crippen molar-refractivity contribution in [3.05, 3.63) is 24.3 Å². The maximum absolute atomic E-state index is 5.34. The second kappa shape index (κ2) is 11.4. The number of rotatable bonds is 10. The van der Waals surface area contributed by atoms with Gasteiger partial charge >= 0.3 is 0 Å². The van der Waals surface area contributed by atoms with E-state index in [1.54, 1.807) is 0 Å². The van der Waals surface area contributed by atoms with E-state index in [1.165, 1.54) is 12.6 Å². The monoisotopic (exact) mass is 383 g/mol. The summed E-state index contributed by atoms with van der Waals surface area (Å²) in [6.45, 7) is 8.97. The molecule has 0 amide bonds. The van der Waals surface area contributed by atoms with Gasteiger partial charge in [-0.15, -0.1) is 0 Å². The van der Waals surface area contributed by atoms with Crippen LogP contribution in [0.25, 0.3) is 0 Å². The van der Waals surface area contributed by atoms with Crippen LogP contribution in [0, 0.1) is 5.41 Å². The van der Waals surface area contributed by atoms with E-state index >= 15 is 0 Å². The minimum Gasteiger partial charge on any atom is -0.380 e. The highest BCUT2D eigenvalue weighted by Crippen LogP contribution is 2.43. The number of allylic oxidation sites excluding steroid dienone is 3. The fraction of sp³-hybridized carbons (Fsp3) is 0.714. The van der Waals surface area contributed by atoms with E-state index < -0.39 is 0 Å². The smallest absolute Gasteiger partial charge is 0.0588 e. The molecule has 0 heterocycles. The first-order valence-electron chi connectivity index (χ1n) is 6.47. The molecular formula is C14H27INOP. The summed E-state index contributed by atoms with van der Waals surface area (Å²) in [6, 6.07) is 0. The van der Waals surface area contributed by atoms with Gasteiger partial charge in [-0.1, -0.05) is 60.2 Å². The predicted molar refractivity (Wildman–Crippen MR) is 92.9 cm³/mol. The highest BCUT2D eigenvalue weighted by Gasteiger charge is 2.13. The van der Waals surface area contributed by atoms with Crippen molar-refractivity contribution in [3.8, 4) is 0 Å². The van der Waals surface area contributed by atoms with Gasteiger partial charge in [0, 0.05) is 6.54 Å². The van der Waals surface area contributed by atoms with Crippen LogP contribution in [0.4, 0.5) is 0 Å². The Balaban J connectivity index is 3.74. The average molecular weight is 383 g/mol. The maximum Gasteiger partial charge on any atom is 0.0588 e. The second-order valence-corrected chi connectivity index (χ2v) is 11.6. The molecule has 18 heavy (non-hydrogen) atoms. The van der Waals surface area contributed by atoms with Gasteiger partial charge in [0.05, 0.1) is 13.2 Å². The van der Waals surface area contributed by atoms with Crippen LogP contribution in [-0.2, 0) is 4.74 Å². The van der Waals surface area contributed by atoms with E-state index in [4.69, 9.17) is 10.5 Å². The molecule has 0 aromatic rings. The molecule has 0 radical (unpaired) electrons. The molecule has 106 valence electrons. The predicted octanol–water partition coefficient (Wildman–Crippen LogP) is 4.34. The van der Waals surface area contributed by atoms with Crippen LogP contribution in [0.1, 0.15) is 26.7 Å². The van der Waals surface area contributed by atoms with Gasteiger partial charge in [0.1, 0.15) is 0 Å². The first kappa shape index (κ1) is 18.6. The summed E-state index contributed by atoms with van der Waals surface area (Å²) in [5, 5.41) is 0. The Kier molecular flexibility index (Phi) is 11.7. The summed E-state index contributed by atoms with van der Waals surface area (Å²) in [6.07, 6.45) is 12.3. The molecule has 0 aliphatic rings. The summed E-state index contributed by atoms with van der Waals surface area (Å²) >= 11 is 2.55. The summed E-state index contributed by atoms with van der Waals surface area (Å²) in [5.74, 6) is 0. The van der Waals surface area contributed by atoms with E-state index in [9.17, 15) is 0 Å². The van der Waals surface area contributed by atoms with E-state index in [2.05, 4.69) is 66.9 Å². The van der Waals surface area contributed by atoms with Crippen molar-refractivity contribution in [2.45, 2.75) is 26.7 Å². The fourth-order valence-electron chi connectivity index (χ4n) is 1.35. The third-order valence-corrected chi connectivity index (χ3v) is 4.84. The van der Waals surface area contributed by atoms with Crippen molar-refractivity contribution < 1.29 is 4.74 Å². The molecule has 1 atom stereocenters. The molecule has 4 heteroatoms. The summed E-state index contributed by atoms with van der Waals surface area (Å²) < 4.78 is 5.30. The quantitative estimate of drug-likeness (QED) is 0.264. The van der Waals surface area contributed by atoms with Crippen LogP contribution >= 0.6 is 27.6 Å². The summed E-state index contributed by atoms with van der Waals surface area (Å²) in [5.41, 5.74) is 5.84. The molecule has 1 unspecified atom stereocenters. The Morgan fingerprint density at radius 2 is 2.00 bits per heavy atom. The zero-order valence-electron chi connectivity index (χ0n) is 11.9. The van der Waals surface area contributed by atoms with Crippen LogP contribution < -0.4 is 5.73 Å². The van der Waals surface area contributed by atoms with Crippen molar-refractivity contribution in [3.63, 3.8) is 0 Å². The molecule has 0 spiro atoms. The number of halogens is 1. The minimum atomic E-state index is 0.196. The maximum atomic E-state index is 5.34. The lowest BCUT2D eigenvalue weighted by atomic mass is 9.90. The van der Waals surface area contributed by atoms with Crippen molar-refractivity contribution in [2.75, 3.05) is 32.6 Å². The fourth-order valence-corrected chi connectivity index (χ4v) is 2.96. The molecule has 0 aliphatic carbocycles. The van der Waals surface area contributed by atoms with Crippen LogP contribution in [0.15, 0.2) is 24.3 Å². The average Bonchev–Trinajstić information content (AvgIpc) is 2.30. The van der Waals surface area contributed by atoms with E-state index in [1.807, 2.05) is 0 Å². The van der Waals surface area contributed by atoms with Gasteiger partial charge in [-0.05, 0) is 36.6 Å². The molecule has 0 saturated heterocycles. The highest BCUT2D eigenvalue weighted by molar-refractivity contribution is 14.2. The lowest BCUT2D eigenvalue weighted by Gasteiger charge is -2.20.